The van der Waals surface area contributed by atoms with Gasteiger partial charge in [0.25, 0.3) is 0 Å². The quantitative estimate of drug-likeness (QED) is 0.780. The van der Waals surface area contributed by atoms with E-state index in [0.717, 1.165) is 18.6 Å². The van der Waals surface area contributed by atoms with Crippen LogP contribution in [-0.4, -0.2) is 14.6 Å². The Morgan fingerprint density at radius 3 is 2.42 bits per heavy atom. The predicted octanol–water partition coefficient (Wildman–Crippen LogP) is 4.09. The van der Waals surface area contributed by atoms with Gasteiger partial charge in [-0.05, 0) is 18.6 Å². The number of pyridine rings is 1. The summed E-state index contributed by atoms with van der Waals surface area (Å²) < 4.78 is 39.3. The summed E-state index contributed by atoms with van der Waals surface area (Å²) in [4.78, 5) is 4.16. The van der Waals surface area contributed by atoms with E-state index in [9.17, 15) is 13.2 Å². The summed E-state index contributed by atoms with van der Waals surface area (Å²) in [6.45, 7) is 5.83. The van der Waals surface area contributed by atoms with Gasteiger partial charge >= 0.3 is 6.18 Å². The molecule has 3 nitrogen and oxygen atoms in total. The monoisotopic (exact) mass is 291 g/mol. The molecule has 0 aliphatic carbocycles. The highest BCUT2D eigenvalue weighted by molar-refractivity contribution is 6.29. The molecule has 0 amide bonds. The number of rotatable bonds is 2. The molecule has 0 saturated carbocycles. The van der Waals surface area contributed by atoms with Crippen LogP contribution in [0.5, 0.6) is 0 Å². The Morgan fingerprint density at radius 1 is 1.26 bits per heavy atom. The molecule has 0 aromatic carbocycles. The first-order valence-corrected chi connectivity index (χ1v) is 6.17. The maximum atomic E-state index is 12.7. The van der Waals surface area contributed by atoms with Crippen LogP contribution in [0.25, 0.3) is 5.65 Å². The Hall–Kier alpha value is -1.30. The lowest BCUT2D eigenvalue weighted by Gasteiger charge is -2.17. The highest BCUT2D eigenvalue weighted by Crippen LogP contribution is 2.32. The fourth-order valence-corrected chi connectivity index (χ4v) is 1.80. The van der Waals surface area contributed by atoms with E-state index >= 15 is 0 Å². The number of hydrogen-bond acceptors (Lipinski definition) is 2. The van der Waals surface area contributed by atoms with Gasteiger partial charge < -0.3 is 0 Å². The molecular formula is C12H13ClF3N3. The molecule has 0 radical (unpaired) electrons. The summed E-state index contributed by atoms with van der Waals surface area (Å²) in [5.74, 6) is 0.483. The summed E-state index contributed by atoms with van der Waals surface area (Å²) in [5.41, 5.74) is -1.03. The third kappa shape index (κ3) is 2.54. The summed E-state index contributed by atoms with van der Waals surface area (Å²) >= 11 is 5.84. The van der Waals surface area contributed by atoms with Crippen LogP contribution in [0.1, 0.15) is 38.6 Å². The molecule has 0 bridgehead atoms. The standard InChI is InChI=1S/C12H13ClF3N3/c1-4-11(2,3)10-17-9-6-7(12(14,15)16)5-8(13)19(9)18-10/h5-6H,4H2,1-3H3. The van der Waals surface area contributed by atoms with Crippen molar-refractivity contribution >= 4 is 17.2 Å². The van der Waals surface area contributed by atoms with Crippen LogP contribution in [0.15, 0.2) is 12.1 Å². The van der Waals surface area contributed by atoms with E-state index in [0.29, 0.717) is 5.82 Å². The minimum Gasteiger partial charge on any atom is -0.211 e. The highest BCUT2D eigenvalue weighted by atomic mass is 35.5. The second-order valence-electron chi connectivity index (χ2n) is 5.01. The highest BCUT2D eigenvalue weighted by Gasteiger charge is 2.32. The number of fused-ring (bicyclic) bond motifs is 1. The van der Waals surface area contributed by atoms with Gasteiger partial charge in [0.1, 0.15) is 5.15 Å². The van der Waals surface area contributed by atoms with Crippen LogP contribution < -0.4 is 0 Å². The number of aromatic nitrogens is 3. The van der Waals surface area contributed by atoms with Gasteiger partial charge in [-0.3, -0.25) is 0 Å². The maximum Gasteiger partial charge on any atom is 0.416 e. The Labute approximate surface area is 113 Å². The third-order valence-corrected chi connectivity index (χ3v) is 3.48. The normalized spacial score (nSPS) is 13.2. The van der Waals surface area contributed by atoms with Crippen molar-refractivity contribution in [2.45, 2.75) is 38.8 Å². The molecular weight excluding hydrogens is 279 g/mol. The van der Waals surface area contributed by atoms with E-state index in [-0.39, 0.29) is 16.2 Å². The second-order valence-corrected chi connectivity index (χ2v) is 5.39. The van der Waals surface area contributed by atoms with E-state index in [1.165, 1.54) is 4.52 Å². The maximum absolute atomic E-state index is 12.7. The second kappa shape index (κ2) is 4.37. The first-order valence-electron chi connectivity index (χ1n) is 5.79. The topological polar surface area (TPSA) is 30.2 Å². The van der Waals surface area contributed by atoms with E-state index in [1.54, 1.807) is 0 Å². The molecule has 0 fully saturated rings. The molecule has 2 heterocycles. The average molecular weight is 292 g/mol. The summed E-state index contributed by atoms with van der Waals surface area (Å²) in [6.07, 6.45) is -3.68. The zero-order chi connectivity index (χ0) is 14.4. The van der Waals surface area contributed by atoms with Gasteiger partial charge in [0.15, 0.2) is 11.5 Å². The van der Waals surface area contributed by atoms with Crippen molar-refractivity contribution in [3.05, 3.63) is 28.7 Å². The van der Waals surface area contributed by atoms with Gasteiger partial charge in [0.05, 0.1) is 5.56 Å². The smallest absolute Gasteiger partial charge is 0.211 e. The van der Waals surface area contributed by atoms with Crippen LogP contribution in [0.3, 0.4) is 0 Å². The van der Waals surface area contributed by atoms with Crippen LogP contribution in [-0.2, 0) is 11.6 Å². The fourth-order valence-electron chi connectivity index (χ4n) is 1.55. The minimum absolute atomic E-state index is 0.101. The van der Waals surface area contributed by atoms with Crippen LogP contribution >= 0.6 is 11.6 Å². The van der Waals surface area contributed by atoms with Crippen molar-refractivity contribution in [1.82, 2.24) is 14.6 Å². The Balaban J connectivity index is 2.64. The molecule has 19 heavy (non-hydrogen) atoms. The first-order chi connectivity index (χ1) is 8.65. The van der Waals surface area contributed by atoms with Gasteiger partial charge in [0.2, 0.25) is 0 Å². The van der Waals surface area contributed by atoms with Crippen LogP contribution in [0, 0.1) is 0 Å². The van der Waals surface area contributed by atoms with Crippen molar-refractivity contribution in [1.29, 1.82) is 0 Å². The lowest BCUT2D eigenvalue weighted by Crippen LogP contribution is -2.17. The van der Waals surface area contributed by atoms with Crippen LogP contribution in [0.4, 0.5) is 13.2 Å². The molecule has 7 heteroatoms. The molecule has 0 aliphatic rings. The largest absolute Gasteiger partial charge is 0.416 e. The molecule has 0 unspecified atom stereocenters. The van der Waals surface area contributed by atoms with Gasteiger partial charge in [-0.1, -0.05) is 32.4 Å². The van der Waals surface area contributed by atoms with Crippen molar-refractivity contribution in [2.24, 2.45) is 0 Å². The average Bonchev–Trinajstić information content (AvgIpc) is 2.73. The van der Waals surface area contributed by atoms with Gasteiger partial charge in [-0.2, -0.15) is 13.2 Å². The predicted molar refractivity (Wildman–Crippen MR) is 66.3 cm³/mol. The molecule has 2 aromatic heterocycles. The van der Waals surface area contributed by atoms with E-state index < -0.39 is 11.7 Å². The van der Waals surface area contributed by atoms with Gasteiger partial charge in [0, 0.05) is 5.41 Å². The SMILES string of the molecule is CCC(C)(C)c1nc2cc(C(F)(F)F)cc(Cl)n2n1. The minimum atomic E-state index is -4.45. The molecule has 2 rings (SSSR count). The zero-order valence-electron chi connectivity index (χ0n) is 10.7. The molecule has 0 saturated heterocycles. The Bertz CT molecular complexity index is 616. The number of halogens is 4. The van der Waals surface area contributed by atoms with Crippen molar-refractivity contribution in [3.8, 4) is 0 Å². The first kappa shape index (κ1) is 14.1. The molecule has 0 N–H and O–H groups in total. The van der Waals surface area contributed by atoms with E-state index in [1.807, 2.05) is 20.8 Å². The molecule has 0 atom stereocenters. The number of alkyl halides is 3. The Morgan fingerprint density at radius 2 is 1.89 bits per heavy atom. The van der Waals surface area contributed by atoms with Crippen molar-refractivity contribution in [3.63, 3.8) is 0 Å². The van der Waals surface area contributed by atoms with E-state index in [4.69, 9.17) is 11.6 Å². The lowest BCUT2D eigenvalue weighted by molar-refractivity contribution is -0.137. The lowest BCUT2D eigenvalue weighted by atomic mass is 9.90. The third-order valence-electron chi connectivity index (χ3n) is 3.21. The van der Waals surface area contributed by atoms with Crippen molar-refractivity contribution < 1.29 is 13.2 Å². The fraction of sp³-hybridized carbons (Fsp3) is 0.500. The summed E-state index contributed by atoms with van der Waals surface area (Å²) in [7, 11) is 0. The Kier molecular flexibility index (Phi) is 3.24. The summed E-state index contributed by atoms with van der Waals surface area (Å²) in [5, 5.41) is 4.08. The number of nitrogens with zero attached hydrogens (tertiary/aromatic N) is 3. The van der Waals surface area contributed by atoms with Gasteiger partial charge in [-0.15, -0.1) is 5.10 Å². The zero-order valence-corrected chi connectivity index (χ0v) is 11.5. The van der Waals surface area contributed by atoms with Crippen molar-refractivity contribution in [2.75, 3.05) is 0 Å². The molecule has 2 aromatic rings. The molecule has 0 spiro atoms. The molecule has 0 aliphatic heterocycles. The number of hydrogen-bond donors (Lipinski definition) is 0. The summed E-state index contributed by atoms with van der Waals surface area (Å²) in [6, 6.07) is 1.81. The van der Waals surface area contributed by atoms with Gasteiger partial charge in [-0.25, -0.2) is 9.50 Å². The van der Waals surface area contributed by atoms with Crippen LogP contribution in [0.2, 0.25) is 5.15 Å². The molecule has 104 valence electrons. The van der Waals surface area contributed by atoms with E-state index in [2.05, 4.69) is 10.1 Å².